The Morgan fingerprint density at radius 3 is 2.40 bits per heavy atom. The van der Waals surface area contributed by atoms with Crippen molar-refractivity contribution >= 4 is 16.8 Å². The molecule has 0 aromatic rings. The van der Waals surface area contributed by atoms with Crippen LogP contribution in [0, 0.1) is 0 Å². The lowest BCUT2D eigenvalue weighted by Gasteiger charge is -2.14. The molecule has 0 aromatic heterocycles. The normalized spacial score (nSPS) is 15.5. The van der Waals surface area contributed by atoms with Crippen LogP contribution in [-0.2, 0) is 10.8 Å². The van der Waals surface area contributed by atoms with Crippen LogP contribution in [0.5, 0.6) is 0 Å². The van der Waals surface area contributed by atoms with Crippen molar-refractivity contribution in [1.82, 2.24) is 10.6 Å². The standard InChI is InChI=1S/C7H13F3N2O2S/c1-5(3-15(2)14)12-6(13)11-4-7(8,9)10/h5H,3-4H2,1-2H3,(H2,11,12,13). The first-order chi connectivity index (χ1) is 6.70. The highest BCUT2D eigenvalue weighted by atomic mass is 32.2. The Morgan fingerprint density at radius 1 is 1.47 bits per heavy atom. The number of rotatable bonds is 4. The Balaban J connectivity index is 3.79. The lowest BCUT2D eigenvalue weighted by atomic mass is 10.4. The molecule has 0 bridgehead atoms. The maximum atomic E-state index is 11.7. The maximum absolute atomic E-state index is 11.7. The number of hydrogen-bond donors (Lipinski definition) is 2. The minimum absolute atomic E-state index is 0.208. The third kappa shape index (κ3) is 9.51. The van der Waals surface area contributed by atoms with E-state index in [9.17, 15) is 22.2 Å². The van der Waals surface area contributed by atoms with Gasteiger partial charge in [-0.2, -0.15) is 13.2 Å². The first-order valence-electron chi connectivity index (χ1n) is 4.12. The summed E-state index contributed by atoms with van der Waals surface area (Å²) in [6, 6.07) is -1.34. The number of carbonyl (C=O) groups is 1. The molecule has 8 heteroatoms. The van der Waals surface area contributed by atoms with Crippen molar-refractivity contribution in [2.45, 2.75) is 19.1 Å². The molecule has 0 aliphatic heterocycles. The van der Waals surface area contributed by atoms with Crippen LogP contribution >= 0.6 is 0 Å². The lowest BCUT2D eigenvalue weighted by molar-refractivity contribution is -0.122. The first kappa shape index (κ1) is 14.2. The molecule has 15 heavy (non-hydrogen) atoms. The summed E-state index contributed by atoms with van der Waals surface area (Å²) in [6.07, 6.45) is -2.97. The Labute approximate surface area is 88.1 Å². The second-order valence-corrected chi connectivity index (χ2v) is 4.56. The van der Waals surface area contributed by atoms with E-state index in [-0.39, 0.29) is 5.75 Å². The summed E-state index contributed by atoms with van der Waals surface area (Å²) in [4.78, 5) is 10.9. The molecule has 2 N–H and O–H groups in total. The lowest BCUT2D eigenvalue weighted by Crippen LogP contribution is -2.45. The van der Waals surface area contributed by atoms with Crippen LogP contribution in [-0.4, -0.2) is 41.0 Å². The number of halogens is 3. The van der Waals surface area contributed by atoms with Crippen LogP contribution in [0.25, 0.3) is 0 Å². The molecule has 0 aliphatic rings. The van der Waals surface area contributed by atoms with Crippen LogP contribution < -0.4 is 10.6 Å². The third-order valence-corrected chi connectivity index (χ3v) is 2.28. The van der Waals surface area contributed by atoms with Gasteiger partial charge in [-0.15, -0.1) is 0 Å². The number of nitrogens with one attached hydrogen (secondary N) is 2. The fourth-order valence-corrected chi connectivity index (χ4v) is 1.64. The summed E-state index contributed by atoms with van der Waals surface area (Å²) in [5.74, 6) is 0.208. The molecule has 90 valence electrons. The molecule has 0 saturated heterocycles. The zero-order valence-corrected chi connectivity index (χ0v) is 9.17. The first-order valence-corrected chi connectivity index (χ1v) is 5.84. The van der Waals surface area contributed by atoms with E-state index in [0.29, 0.717) is 0 Å². The van der Waals surface area contributed by atoms with E-state index in [1.165, 1.54) is 6.26 Å². The van der Waals surface area contributed by atoms with Crippen molar-refractivity contribution in [1.29, 1.82) is 0 Å². The van der Waals surface area contributed by atoms with Crippen molar-refractivity contribution in [3.05, 3.63) is 0 Å². The average Bonchev–Trinajstić information content (AvgIpc) is 1.97. The molecule has 2 amide bonds. The topological polar surface area (TPSA) is 58.2 Å². The largest absolute Gasteiger partial charge is 0.405 e. The van der Waals surface area contributed by atoms with Gasteiger partial charge < -0.3 is 10.6 Å². The van der Waals surface area contributed by atoms with Gasteiger partial charge in [-0.05, 0) is 6.92 Å². The Bertz CT molecular complexity index is 245. The summed E-state index contributed by atoms with van der Waals surface area (Å²) in [6.45, 7) is 0.190. The van der Waals surface area contributed by atoms with Gasteiger partial charge in [0.1, 0.15) is 6.54 Å². The quantitative estimate of drug-likeness (QED) is 0.763. The third-order valence-electron chi connectivity index (χ3n) is 1.31. The molecule has 0 saturated carbocycles. The maximum Gasteiger partial charge on any atom is 0.405 e. The van der Waals surface area contributed by atoms with E-state index in [1.54, 1.807) is 12.2 Å². The number of amides is 2. The minimum atomic E-state index is -4.42. The second kappa shape index (κ2) is 5.94. The van der Waals surface area contributed by atoms with E-state index >= 15 is 0 Å². The molecule has 0 fully saturated rings. The van der Waals surface area contributed by atoms with Crippen molar-refractivity contribution in [3.8, 4) is 0 Å². The number of urea groups is 1. The number of alkyl halides is 3. The van der Waals surface area contributed by atoms with Crippen molar-refractivity contribution in [3.63, 3.8) is 0 Å². The Morgan fingerprint density at radius 2 is 2.00 bits per heavy atom. The fraction of sp³-hybridized carbons (Fsp3) is 0.857. The monoisotopic (exact) mass is 246 g/mol. The molecule has 0 rings (SSSR count). The van der Waals surface area contributed by atoms with Crippen molar-refractivity contribution in [2.75, 3.05) is 18.6 Å². The summed E-state index contributed by atoms with van der Waals surface area (Å²) in [7, 11) is -1.10. The predicted octanol–water partition coefficient (Wildman–Crippen LogP) is 0.615. The van der Waals surface area contributed by atoms with Gasteiger partial charge in [0.15, 0.2) is 0 Å². The summed E-state index contributed by atoms with van der Waals surface area (Å²) < 4.78 is 45.7. The van der Waals surface area contributed by atoms with Crippen LogP contribution in [0.15, 0.2) is 0 Å². The van der Waals surface area contributed by atoms with E-state index in [4.69, 9.17) is 0 Å². The molecule has 0 aromatic carbocycles. The van der Waals surface area contributed by atoms with Gasteiger partial charge in [0, 0.05) is 28.9 Å². The Kier molecular flexibility index (Phi) is 5.63. The molecule has 4 nitrogen and oxygen atoms in total. The van der Waals surface area contributed by atoms with Crippen molar-refractivity contribution in [2.24, 2.45) is 0 Å². The molecule has 0 heterocycles. The van der Waals surface area contributed by atoms with Crippen LogP contribution in [0.4, 0.5) is 18.0 Å². The van der Waals surface area contributed by atoms with Gasteiger partial charge in [-0.3, -0.25) is 4.21 Å². The molecule has 2 atom stereocenters. The van der Waals surface area contributed by atoms with Crippen LogP contribution in [0.1, 0.15) is 6.92 Å². The molecule has 0 aliphatic carbocycles. The zero-order chi connectivity index (χ0) is 12.1. The van der Waals surface area contributed by atoms with Gasteiger partial charge in [0.2, 0.25) is 0 Å². The highest BCUT2D eigenvalue weighted by Crippen LogP contribution is 2.11. The second-order valence-electron chi connectivity index (χ2n) is 3.08. The van der Waals surface area contributed by atoms with E-state index < -0.39 is 35.6 Å². The van der Waals surface area contributed by atoms with Crippen LogP contribution in [0.3, 0.4) is 0 Å². The van der Waals surface area contributed by atoms with E-state index in [1.807, 2.05) is 0 Å². The number of carbonyl (C=O) groups excluding carboxylic acids is 1. The van der Waals surface area contributed by atoms with Gasteiger partial charge in [-0.25, -0.2) is 4.79 Å². The SMILES string of the molecule is CC(CS(C)=O)NC(=O)NCC(F)(F)F. The van der Waals surface area contributed by atoms with Gasteiger partial charge in [-0.1, -0.05) is 0 Å². The van der Waals surface area contributed by atoms with Gasteiger partial charge >= 0.3 is 12.2 Å². The average molecular weight is 246 g/mol. The minimum Gasteiger partial charge on any atom is -0.335 e. The fourth-order valence-electron chi connectivity index (χ4n) is 0.849. The van der Waals surface area contributed by atoms with Gasteiger partial charge in [0.05, 0.1) is 0 Å². The Hall–Kier alpha value is -0.790. The highest BCUT2D eigenvalue weighted by Gasteiger charge is 2.27. The summed E-state index contributed by atoms with van der Waals surface area (Å²) >= 11 is 0. The summed E-state index contributed by atoms with van der Waals surface area (Å²) in [5, 5.41) is 3.89. The molecule has 0 spiro atoms. The highest BCUT2D eigenvalue weighted by molar-refractivity contribution is 7.84. The molecular weight excluding hydrogens is 233 g/mol. The van der Waals surface area contributed by atoms with E-state index in [2.05, 4.69) is 5.32 Å². The van der Waals surface area contributed by atoms with Crippen molar-refractivity contribution < 1.29 is 22.2 Å². The predicted molar refractivity (Wildman–Crippen MR) is 51.0 cm³/mol. The summed E-state index contributed by atoms with van der Waals surface area (Å²) in [5.41, 5.74) is 0. The van der Waals surface area contributed by atoms with Crippen LogP contribution in [0.2, 0.25) is 0 Å². The molecule has 2 unspecified atom stereocenters. The zero-order valence-electron chi connectivity index (χ0n) is 8.35. The smallest absolute Gasteiger partial charge is 0.335 e. The number of hydrogen-bond acceptors (Lipinski definition) is 2. The van der Waals surface area contributed by atoms with E-state index in [0.717, 1.165) is 0 Å². The molecule has 0 radical (unpaired) electrons. The van der Waals surface area contributed by atoms with Gasteiger partial charge in [0.25, 0.3) is 0 Å². The molecular formula is C7H13F3N2O2S.